The van der Waals surface area contributed by atoms with Gasteiger partial charge in [0.1, 0.15) is 0 Å². The highest BCUT2D eigenvalue weighted by Crippen LogP contribution is 2.21. The van der Waals surface area contributed by atoms with E-state index in [0.29, 0.717) is 6.54 Å². The first-order valence-corrected chi connectivity index (χ1v) is 10.0. The Morgan fingerprint density at radius 2 is 2.00 bits per heavy atom. The Balaban J connectivity index is 1.33. The van der Waals surface area contributed by atoms with E-state index >= 15 is 0 Å². The van der Waals surface area contributed by atoms with Crippen molar-refractivity contribution >= 4 is 11.7 Å². The van der Waals surface area contributed by atoms with Crippen molar-refractivity contribution in [2.75, 3.05) is 25.5 Å². The first-order valence-electron chi connectivity index (χ1n) is 10.0. The lowest BCUT2D eigenvalue weighted by Crippen LogP contribution is -2.36. The van der Waals surface area contributed by atoms with Gasteiger partial charge in [0.25, 0.3) is 0 Å². The molecule has 0 saturated heterocycles. The van der Waals surface area contributed by atoms with Crippen molar-refractivity contribution in [3.63, 3.8) is 0 Å². The molecule has 1 aromatic carbocycles. The van der Waals surface area contributed by atoms with E-state index in [-0.39, 0.29) is 6.03 Å². The number of nitrogens with one attached hydrogen (secondary N) is 2. The molecule has 0 unspecified atom stereocenters. The third-order valence-electron chi connectivity index (χ3n) is 5.29. The topological polar surface area (TPSA) is 62.2 Å². The molecule has 0 bridgehead atoms. The first kappa shape index (κ1) is 19.4. The minimum Gasteiger partial charge on any atom is -0.338 e. The van der Waals surface area contributed by atoms with Crippen molar-refractivity contribution < 1.29 is 4.79 Å². The summed E-state index contributed by atoms with van der Waals surface area (Å²) in [5.74, 6) is 0. The number of hydrogen-bond donors (Lipinski definition) is 2. The van der Waals surface area contributed by atoms with Crippen molar-refractivity contribution in [3.8, 4) is 0 Å². The molecular formula is C21H31N5O. The van der Waals surface area contributed by atoms with Crippen LogP contribution in [0.3, 0.4) is 0 Å². The van der Waals surface area contributed by atoms with Crippen LogP contribution in [0.4, 0.5) is 10.5 Å². The van der Waals surface area contributed by atoms with E-state index in [2.05, 4.69) is 27.7 Å². The summed E-state index contributed by atoms with van der Waals surface area (Å²) in [6.45, 7) is 2.46. The quantitative estimate of drug-likeness (QED) is 0.697. The van der Waals surface area contributed by atoms with Crippen molar-refractivity contribution in [1.29, 1.82) is 0 Å². The average molecular weight is 370 g/mol. The van der Waals surface area contributed by atoms with Crippen LogP contribution in [0, 0.1) is 0 Å². The molecular weight excluding hydrogens is 338 g/mol. The van der Waals surface area contributed by atoms with E-state index in [9.17, 15) is 4.79 Å². The largest absolute Gasteiger partial charge is 0.338 e. The van der Waals surface area contributed by atoms with Gasteiger partial charge in [-0.25, -0.2) is 4.79 Å². The summed E-state index contributed by atoms with van der Waals surface area (Å²) < 4.78 is 1.87. The first-order chi connectivity index (χ1) is 13.2. The van der Waals surface area contributed by atoms with E-state index in [0.717, 1.165) is 36.8 Å². The summed E-state index contributed by atoms with van der Waals surface area (Å²) in [6.07, 6.45) is 11.4. The van der Waals surface area contributed by atoms with Gasteiger partial charge in [-0.2, -0.15) is 5.10 Å². The monoisotopic (exact) mass is 369 g/mol. The molecule has 0 aliphatic heterocycles. The molecule has 3 rings (SSSR count). The minimum atomic E-state index is -0.143. The molecule has 0 atom stereocenters. The van der Waals surface area contributed by atoms with Gasteiger partial charge >= 0.3 is 6.03 Å². The van der Waals surface area contributed by atoms with Gasteiger partial charge in [-0.05, 0) is 56.6 Å². The molecule has 0 spiro atoms. The maximum atomic E-state index is 12.1. The van der Waals surface area contributed by atoms with Crippen LogP contribution in [0.15, 0.2) is 42.7 Å². The van der Waals surface area contributed by atoms with Gasteiger partial charge in [0.15, 0.2) is 0 Å². The Bertz CT molecular complexity index is 677. The smallest absolute Gasteiger partial charge is 0.319 e. The Morgan fingerprint density at radius 1 is 1.22 bits per heavy atom. The van der Waals surface area contributed by atoms with E-state index < -0.39 is 0 Å². The number of carbonyl (C=O) groups excluding carboxylic acids is 1. The third kappa shape index (κ3) is 6.40. The normalized spacial score (nSPS) is 15.0. The highest BCUT2D eigenvalue weighted by atomic mass is 16.2. The summed E-state index contributed by atoms with van der Waals surface area (Å²) >= 11 is 0. The van der Waals surface area contributed by atoms with Crippen LogP contribution in [0.5, 0.6) is 0 Å². The van der Waals surface area contributed by atoms with E-state index in [1.165, 1.54) is 32.1 Å². The number of benzene rings is 1. The average Bonchev–Trinajstić information content (AvgIpc) is 3.20. The number of carbonyl (C=O) groups is 1. The molecule has 27 heavy (non-hydrogen) atoms. The molecule has 0 radical (unpaired) electrons. The van der Waals surface area contributed by atoms with Crippen LogP contribution in [0.25, 0.3) is 0 Å². The Labute approximate surface area is 161 Å². The zero-order valence-electron chi connectivity index (χ0n) is 16.2. The fourth-order valence-electron chi connectivity index (χ4n) is 3.68. The van der Waals surface area contributed by atoms with Crippen molar-refractivity contribution in [1.82, 2.24) is 20.0 Å². The van der Waals surface area contributed by atoms with Gasteiger partial charge in [-0.15, -0.1) is 0 Å². The summed E-state index contributed by atoms with van der Waals surface area (Å²) in [7, 11) is 2.21. The summed E-state index contributed by atoms with van der Waals surface area (Å²) in [4.78, 5) is 14.5. The Kier molecular flexibility index (Phi) is 7.27. The standard InChI is InChI=1S/C21H31N5O/c1-25(20-7-3-2-4-8-20)15-5-13-22-21(27)24-19-11-9-18(10-12-19)17-26-16-6-14-23-26/h6,9-12,14,16,20H,2-5,7-8,13,15,17H2,1H3,(H2,22,24,27). The van der Waals surface area contributed by atoms with Gasteiger partial charge in [-0.1, -0.05) is 31.4 Å². The third-order valence-corrected chi connectivity index (χ3v) is 5.29. The lowest BCUT2D eigenvalue weighted by molar-refractivity contribution is 0.189. The van der Waals surface area contributed by atoms with E-state index in [1.807, 2.05) is 41.2 Å². The van der Waals surface area contributed by atoms with Gasteiger partial charge in [0.2, 0.25) is 0 Å². The molecule has 2 aromatic rings. The van der Waals surface area contributed by atoms with Crippen LogP contribution in [-0.4, -0.2) is 46.9 Å². The molecule has 1 fully saturated rings. The molecule has 1 aromatic heterocycles. The highest BCUT2D eigenvalue weighted by molar-refractivity contribution is 5.89. The summed E-state index contributed by atoms with van der Waals surface area (Å²) in [6, 6.07) is 10.4. The number of anilines is 1. The predicted octanol–water partition coefficient (Wildman–Crippen LogP) is 3.71. The van der Waals surface area contributed by atoms with Gasteiger partial charge in [0.05, 0.1) is 6.54 Å². The summed E-state index contributed by atoms with van der Waals surface area (Å²) in [5, 5.41) is 10.0. The van der Waals surface area contributed by atoms with Crippen LogP contribution in [0.2, 0.25) is 0 Å². The van der Waals surface area contributed by atoms with Crippen molar-refractivity contribution in [2.24, 2.45) is 0 Å². The molecule has 1 heterocycles. The second-order valence-electron chi connectivity index (χ2n) is 7.41. The van der Waals surface area contributed by atoms with Gasteiger partial charge in [0, 0.05) is 30.7 Å². The summed E-state index contributed by atoms with van der Waals surface area (Å²) in [5.41, 5.74) is 1.95. The lowest BCUT2D eigenvalue weighted by atomic mass is 9.94. The predicted molar refractivity (Wildman–Crippen MR) is 109 cm³/mol. The number of amides is 2. The van der Waals surface area contributed by atoms with Crippen LogP contribution >= 0.6 is 0 Å². The molecule has 1 aliphatic rings. The zero-order chi connectivity index (χ0) is 18.9. The molecule has 2 N–H and O–H groups in total. The minimum absolute atomic E-state index is 0.143. The number of aromatic nitrogens is 2. The second kappa shape index (κ2) is 10.1. The molecule has 2 amide bonds. The fraction of sp³-hybridized carbons (Fsp3) is 0.524. The van der Waals surface area contributed by atoms with E-state index in [4.69, 9.17) is 0 Å². The van der Waals surface area contributed by atoms with Crippen LogP contribution in [-0.2, 0) is 6.54 Å². The number of nitrogens with zero attached hydrogens (tertiary/aromatic N) is 3. The number of urea groups is 1. The second-order valence-corrected chi connectivity index (χ2v) is 7.41. The van der Waals surface area contributed by atoms with E-state index in [1.54, 1.807) is 6.20 Å². The Hall–Kier alpha value is -2.34. The molecule has 6 heteroatoms. The van der Waals surface area contributed by atoms with Gasteiger partial charge in [-0.3, -0.25) is 4.68 Å². The van der Waals surface area contributed by atoms with Gasteiger partial charge < -0.3 is 15.5 Å². The molecule has 1 aliphatic carbocycles. The molecule has 1 saturated carbocycles. The fourth-order valence-corrected chi connectivity index (χ4v) is 3.68. The molecule has 6 nitrogen and oxygen atoms in total. The zero-order valence-corrected chi connectivity index (χ0v) is 16.2. The number of hydrogen-bond acceptors (Lipinski definition) is 3. The highest BCUT2D eigenvalue weighted by Gasteiger charge is 2.17. The maximum Gasteiger partial charge on any atom is 0.319 e. The maximum absolute atomic E-state index is 12.1. The van der Waals surface area contributed by atoms with Crippen LogP contribution in [0.1, 0.15) is 44.1 Å². The molecule has 146 valence electrons. The number of rotatable bonds is 8. The van der Waals surface area contributed by atoms with Crippen LogP contribution < -0.4 is 10.6 Å². The Morgan fingerprint density at radius 3 is 2.70 bits per heavy atom. The SMILES string of the molecule is CN(CCCNC(=O)Nc1ccc(Cn2cccn2)cc1)C1CCCCC1. The van der Waals surface area contributed by atoms with Crippen molar-refractivity contribution in [3.05, 3.63) is 48.3 Å². The lowest BCUT2D eigenvalue weighted by Gasteiger charge is -2.31. The van der Waals surface area contributed by atoms with Crippen molar-refractivity contribution in [2.45, 2.75) is 51.1 Å².